The number of nitrogens with zero attached hydrogens (tertiary/aromatic N) is 1. The standard InChI is InChI=1S/C9H17NO2/c1-3-4-8(9(11)12)10(2)7-5-6-7/h7-8H,3-6H2,1-2H3,(H,11,12). The zero-order valence-corrected chi connectivity index (χ0v) is 7.79. The van der Waals surface area contributed by atoms with Crippen LogP contribution in [-0.4, -0.2) is 35.1 Å². The van der Waals surface area contributed by atoms with E-state index in [0.717, 1.165) is 12.8 Å². The van der Waals surface area contributed by atoms with Gasteiger partial charge in [-0.3, -0.25) is 9.69 Å². The molecule has 3 nitrogen and oxygen atoms in total. The molecule has 0 bridgehead atoms. The van der Waals surface area contributed by atoms with Gasteiger partial charge in [-0.1, -0.05) is 13.3 Å². The molecule has 0 aliphatic heterocycles. The lowest BCUT2D eigenvalue weighted by Gasteiger charge is -2.23. The smallest absolute Gasteiger partial charge is 0.320 e. The van der Waals surface area contributed by atoms with Crippen LogP contribution in [0.2, 0.25) is 0 Å². The first kappa shape index (κ1) is 9.52. The van der Waals surface area contributed by atoms with Gasteiger partial charge in [-0.2, -0.15) is 0 Å². The Labute approximate surface area is 73.4 Å². The van der Waals surface area contributed by atoms with Crippen molar-refractivity contribution < 1.29 is 9.90 Å². The highest BCUT2D eigenvalue weighted by atomic mass is 16.4. The maximum Gasteiger partial charge on any atom is 0.320 e. The van der Waals surface area contributed by atoms with Gasteiger partial charge in [0.15, 0.2) is 0 Å². The van der Waals surface area contributed by atoms with E-state index in [9.17, 15) is 4.79 Å². The molecule has 0 aromatic heterocycles. The first-order chi connectivity index (χ1) is 5.66. The van der Waals surface area contributed by atoms with Crippen LogP contribution in [0.4, 0.5) is 0 Å². The number of hydrogen-bond acceptors (Lipinski definition) is 2. The predicted octanol–water partition coefficient (Wildman–Crippen LogP) is 1.33. The Bertz CT molecular complexity index is 166. The molecular formula is C9H17NO2. The van der Waals surface area contributed by atoms with Crippen molar-refractivity contribution in [2.24, 2.45) is 0 Å². The van der Waals surface area contributed by atoms with Gasteiger partial charge in [-0.25, -0.2) is 0 Å². The number of likely N-dealkylation sites (N-methyl/N-ethyl adjacent to an activating group) is 1. The highest BCUT2D eigenvalue weighted by molar-refractivity contribution is 5.73. The molecule has 1 saturated carbocycles. The van der Waals surface area contributed by atoms with Crippen LogP contribution in [0, 0.1) is 0 Å². The van der Waals surface area contributed by atoms with Crippen LogP contribution in [0.25, 0.3) is 0 Å². The maximum absolute atomic E-state index is 10.8. The average Bonchev–Trinajstić information content (AvgIpc) is 2.80. The van der Waals surface area contributed by atoms with Gasteiger partial charge in [0.05, 0.1) is 0 Å². The molecule has 70 valence electrons. The summed E-state index contributed by atoms with van der Waals surface area (Å²) >= 11 is 0. The van der Waals surface area contributed by atoms with Crippen LogP contribution in [0.5, 0.6) is 0 Å². The van der Waals surface area contributed by atoms with Gasteiger partial charge in [0.2, 0.25) is 0 Å². The minimum atomic E-state index is -0.675. The fourth-order valence-corrected chi connectivity index (χ4v) is 1.51. The van der Waals surface area contributed by atoms with E-state index in [1.165, 1.54) is 12.8 Å². The Morgan fingerprint density at radius 1 is 1.67 bits per heavy atom. The molecular weight excluding hydrogens is 154 g/mol. The normalized spacial score (nSPS) is 19.6. The fourth-order valence-electron chi connectivity index (χ4n) is 1.51. The molecule has 0 spiro atoms. The van der Waals surface area contributed by atoms with Gasteiger partial charge in [-0.05, 0) is 26.3 Å². The second kappa shape index (κ2) is 3.90. The van der Waals surface area contributed by atoms with Crippen LogP contribution >= 0.6 is 0 Å². The summed E-state index contributed by atoms with van der Waals surface area (Å²) in [7, 11) is 1.92. The zero-order valence-electron chi connectivity index (χ0n) is 7.79. The summed E-state index contributed by atoms with van der Waals surface area (Å²) in [6.07, 6.45) is 4.05. The van der Waals surface area contributed by atoms with Gasteiger partial charge < -0.3 is 5.11 Å². The van der Waals surface area contributed by atoms with E-state index in [1.807, 2.05) is 18.9 Å². The molecule has 1 fully saturated rings. The van der Waals surface area contributed by atoms with Gasteiger partial charge in [0, 0.05) is 6.04 Å². The van der Waals surface area contributed by atoms with Crippen LogP contribution < -0.4 is 0 Å². The number of carboxylic acids is 1. The largest absolute Gasteiger partial charge is 0.480 e. The minimum absolute atomic E-state index is 0.262. The topological polar surface area (TPSA) is 40.5 Å². The van der Waals surface area contributed by atoms with Crippen molar-refractivity contribution in [1.29, 1.82) is 0 Å². The van der Waals surface area contributed by atoms with Crippen molar-refractivity contribution in [3.8, 4) is 0 Å². The van der Waals surface area contributed by atoms with E-state index in [0.29, 0.717) is 6.04 Å². The average molecular weight is 171 g/mol. The van der Waals surface area contributed by atoms with Gasteiger partial charge in [0.25, 0.3) is 0 Å². The van der Waals surface area contributed by atoms with E-state index in [4.69, 9.17) is 5.11 Å². The van der Waals surface area contributed by atoms with Crippen molar-refractivity contribution in [2.75, 3.05) is 7.05 Å². The third-order valence-electron chi connectivity index (χ3n) is 2.46. The molecule has 1 rings (SSSR count). The molecule has 1 aliphatic carbocycles. The number of aliphatic carboxylic acids is 1. The van der Waals surface area contributed by atoms with E-state index >= 15 is 0 Å². The SMILES string of the molecule is CCCC(C(=O)O)N(C)C1CC1. The van der Waals surface area contributed by atoms with Crippen LogP contribution in [0.1, 0.15) is 32.6 Å². The number of carbonyl (C=O) groups is 1. The van der Waals surface area contributed by atoms with Crippen molar-refractivity contribution in [3.05, 3.63) is 0 Å². The zero-order chi connectivity index (χ0) is 9.14. The summed E-state index contributed by atoms with van der Waals surface area (Å²) in [6, 6.07) is 0.278. The minimum Gasteiger partial charge on any atom is -0.480 e. The molecule has 0 amide bonds. The number of rotatable bonds is 5. The van der Waals surface area contributed by atoms with E-state index in [2.05, 4.69) is 0 Å². The van der Waals surface area contributed by atoms with Gasteiger partial charge in [0.1, 0.15) is 6.04 Å². The Morgan fingerprint density at radius 3 is 2.58 bits per heavy atom. The Kier molecular flexibility index (Phi) is 3.09. The first-order valence-electron chi connectivity index (χ1n) is 4.61. The second-order valence-corrected chi connectivity index (χ2v) is 3.54. The summed E-state index contributed by atoms with van der Waals surface area (Å²) in [5.41, 5.74) is 0. The van der Waals surface area contributed by atoms with Crippen molar-refractivity contribution >= 4 is 5.97 Å². The molecule has 1 aliphatic rings. The van der Waals surface area contributed by atoms with E-state index in [1.54, 1.807) is 0 Å². The third kappa shape index (κ3) is 2.21. The van der Waals surface area contributed by atoms with Gasteiger partial charge in [-0.15, -0.1) is 0 Å². The monoisotopic (exact) mass is 171 g/mol. The predicted molar refractivity (Wildman–Crippen MR) is 47.1 cm³/mol. The Morgan fingerprint density at radius 2 is 2.25 bits per heavy atom. The van der Waals surface area contributed by atoms with Crippen LogP contribution in [-0.2, 0) is 4.79 Å². The lowest BCUT2D eigenvalue weighted by molar-refractivity contribution is -0.143. The highest BCUT2D eigenvalue weighted by Crippen LogP contribution is 2.28. The quantitative estimate of drug-likeness (QED) is 0.678. The van der Waals surface area contributed by atoms with Gasteiger partial charge >= 0.3 is 5.97 Å². The van der Waals surface area contributed by atoms with Crippen LogP contribution in [0.15, 0.2) is 0 Å². The second-order valence-electron chi connectivity index (χ2n) is 3.54. The highest BCUT2D eigenvalue weighted by Gasteiger charge is 2.33. The Balaban J connectivity index is 2.44. The van der Waals surface area contributed by atoms with E-state index in [-0.39, 0.29) is 6.04 Å². The summed E-state index contributed by atoms with van der Waals surface area (Å²) in [5, 5.41) is 8.91. The molecule has 1 unspecified atom stereocenters. The van der Waals surface area contributed by atoms with E-state index < -0.39 is 5.97 Å². The Hall–Kier alpha value is -0.570. The molecule has 1 N–H and O–H groups in total. The summed E-state index contributed by atoms with van der Waals surface area (Å²) in [5.74, 6) is -0.675. The molecule has 0 radical (unpaired) electrons. The molecule has 0 saturated heterocycles. The first-order valence-corrected chi connectivity index (χ1v) is 4.61. The molecule has 0 aromatic rings. The van der Waals surface area contributed by atoms with Crippen molar-refractivity contribution in [2.45, 2.75) is 44.7 Å². The fraction of sp³-hybridized carbons (Fsp3) is 0.889. The molecule has 1 atom stereocenters. The molecule has 12 heavy (non-hydrogen) atoms. The third-order valence-corrected chi connectivity index (χ3v) is 2.46. The van der Waals surface area contributed by atoms with Crippen molar-refractivity contribution in [3.63, 3.8) is 0 Å². The summed E-state index contributed by atoms with van der Waals surface area (Å²) in [4.78, 5) is 12.8. The van der Waals surface area contributed by atoms with Crippen molar-refractivity contribution in [1.82, 2.24) is 4.90 Å². The lowest BCUT2D eigenvalue weighted by Crippen LogP contribution is -2.39. The summed E-state index contributed by atoms with van der Waals surface area (Å²) < 4.78 is 0. The molecule has 0 heterocycles. The number of hydrogen-bond donors (Lipinski definition) is 1. The lowest BCUT2D eigenvalue weighted by atomic mass is 10.1. The number of carboxylic acid groups (broad SMARTS) is 1. The summed E-state index contributed by atoms with van der Waals surface area (Å²) in [6.45, 7) is 2.02. The maximum atomic E-state index is 10.8. The van der Waals surface area contributed by atoms with Crippen LogP contribution in [0.3, 0.4) is 0 Å². The molecule has 3 heteroatoms. The molecule has 0 aromatic carbocycles.